The number of aromatic nitrogens is 1. The zero-order valence-electron chi connectivity index (χ0n) is 70.7. The summed E-state index contributed by atoms with van der Waals surface area (Å²) in [6.45, 7) is 11.3. The maximum atomic E-state index is 16.7. The molecule has 7 aliphatic heterocycles. The summed E-state index contributed by atoms with van der Waals surface area (Å²) in [6.07, 6.45) is -10.1. The van der Waals surface area contributed by atoms with Crippen LogP contribution < -0.4 is 77.8 Å². The van der Waals surface area contributed by atoms with Crippen molar-refractivity contribution >= 4 is 70.6 Å². The molecule has 10 amide bonds. The minimum atomic E-state index is -2.36. The number of aliphatic hydroxyl groups excluding tert-OH is 6. The van der Waals surface area contributed by atoms with Crippen LogP contribution in [0.3, 0.4) is 0 Å². The fourth-order valence-corrected chi connectivity index (χ4v) is 19.0. The molecule has 15 bridgehead atoms. The lowest BCUT2D eigenvalue weighted by Crippen LogP contribution is -2.64. The molecule has 0 radical (unpaired) electrons. The van der Waals surface area contributed by atoms with Gasteiger partial charge in [-0.2, -0.15) is 0 Å². The quantitative estimate of drug-likeness (QED) is 0.0445. The Kier molecular flexibility index (Phi) is 27.8. The molecule has 11 aliphatic rings. The maximum Gasteiger partial charge on any atom is 0.325 e. The number of likely N-dealkylation sites (N-methyl/N-ethyl adjacent to an activating group) is 1. The van der Waals surface area contributed by atoms with Gasteiger partial charge in [-0.05, 0) is 221 Å². The molecule has 8 heterocycles. The Balaban J connectivity index is 0.951. The van der Waals surface area contributed by atoms with Gasteiger partial charge < -0.3 is 128 Å². The van der Waals surface area contributed by atoms with Crippen LogP contribution in [0.1, 0.15) is 175 Å². The van der Waals surface area contributed by atoms with E-state index in [0.717, 1.165) is 63.5 Å². The number of hydrogen-bond donors (Lipinski definition) is 19. The summed E-state index contributed by atoms with van der Waals surface area (Å²) >= 11 is 7.33. The number of aliphatic hydroxyl groups is 6. The van der Waals surface area contributed by atoms with Crippen molar-refractivity contribution in [2.45, 2.75) is 234 Å². The van der Waals surface area contributed by atoms with Gasteiger partial charge in [0.25, 0.3) is 0 Å². The highest BCUT2D eigenvalue weighted by Crippen LogP contribution is 2.55. The Bertz CT molecular complexity index is 5090. The summed E-state index contributed by atoms with van der Waals surface area (Å²) in [5.74, 6) is -11.1. The Morgan fingerprint density at radius 1 is 0.706 bits per heavy atom. The lowest BCUT2D eigenvalue weighted by Gasteiger charge is -2.54. The number of nitrogens with two attached hydrogens (primary N) is 1. The highest BCUT2D eigenvalue weighted by Gasteiger charge is 2.53. The average Bonchev–Trinajstić information content (AvgIpc) is 0.750. The maximum absolute atomic E-state index is 16.7. The number of hydrogen-bond acceptors (Lipinski definition) is 27. The highest BCUT2D eigenvalue weighted by atomic mass is 35.5. The Morgan fingerprint density at radius 3 is 2.02 bits per heavy atom. The second kappa shape index (κ2) is 38.4. The number of carbonyl (C=O) groups excluding carboxylic acids is 9. The number of nitrogens with one attached hydrogen (secondary N) is 10. The number of halogens is 1. The summed E-state index contributed by atoms with van der Waals surface area (Å²) in [6, 6.07) is 3.90. The molecule has 126 heavy (non-hydrogen) atoms. The van der Waals surface area contributed by atoms with Crippen molar-refractivity contribution in [3.8, 4) is 57.3 Å². The minimum absolute atomic E-state index is 0.0468. The molecule has 17 rings (SSSR count). The third-order valence-electron chi connectivity index (χ3n) is 25.0. The first-order valence-corrected chi connectivity index (χ1v) is 42.9. The van der Waals surface area contributed by atoms with E-state index in [1.54, 1.807) is 6.92 Å². The molecular formula is C89H109ClN12O24. The summed E-state index contributed by atoms with van der Waals surface area (Å²) < 4.78 is 45.2. The molecule has 0 unspecified atom stereocenters. The Hall–Kier alpha value is -10.9. The van der Waals surface area contributed by atoms with E-state index in [1.165, 1.54) is 113 Å². The summed E-state index contributed by atoms with van der Waals surface area (Å²) in [5.41, 5.74) is 4.75. The third-order valence-corrected chi connectivity index (χ3v) is 25.3. The number of amides is 10. The van der Waals surface area contributed by atoms with Crippen LogP contribution in [-0.2, 0) is 52.6 Å². The van der Waals surface area contributed by atoms with Gasteiger partial charge in [0, 0.05) is 29.6 Å². The van der Waals surface area contributed by atoms with E-state index in [9.17, 15) is 55.2 Å². The summed E-state index contributed by atoms with van der Waals surface area (Å²) in [7, 11) is 1.50. The number of ether oxygens (including phenoxy) is 7. The average molecular weight is 1770 g/mol. The lowest BCUT2D eigenvalue weighted by molar-refractivity contribution is -0.333. The summed E-state index contributed by atoms with van der Waals surface area (Å²) in [5, 5.41) is 122. The first-order valence-electron chi connectivity index (χ1n) is 42.6. The van der Waals surface area contributed by atoms with Crippen molar-refractivity contribution in [1.82, 2.24) is 52.8 Å². The van der Waals surface area contributed by atoms with Crippen LogP contribution in [0.15, 0.2) is 97.2 Å². The number of pyridine rings is 1. The van der Waals surface area contributed by atoms with Gasteiger partial charge in [0.05, 0.1) is 54.8 Å². The van der Waals surface area contributed by atoms with E-state index in [1.807, 2.05) is 20.8 Å². The van der Waals surface area contributed by atoms with Crippen LogP contribution in [0.4, 0.5) is 10.5 Å². The first kappa shape index (κ1) is 91.3. The van der Waals surface area contributed by atoms with Gasteiger partial charge in [0.1, 0.15) is 89.8 Å². The summed E-state index contributed by atoms with van der Waals surface area (Å²) in [4.78, 5) is 143. The molecule has 5 aromatic carbocycles. The van der Waals surface area contributed by atoms with Crippen molar-refractivity contribution in [3.63, 3.8) is 0 Å². The Labute approximate surface area is 730 Å². The van der Waals surface area contributed by atoms with Gasteiger partial charge in [-0.3, -0.25) is 43.7 Å². The van der Waals surface area contributed by atoms with Gasteiger partial charge in [-0.1, -0.05) is 63.4 Å². The third kappa shape index (κ3) is 19.9. The zero-order chi connectivity index (χ0) is 90.2. The van der Waals surface area contributed by atoms with Crippen molar-refractivity contribution in [2.24, 2.45) is 35.3 Å². The minimum Gasteiger partial charge on any atom is -0.508 e. The van der Waals surface area contributed by atoms with E-state index >= 15 is 28.8 Å². The van der Waals surface area contributed by atoms with Crippen LogP contribution >= 0.6 is 11.6 Å². The first-order chi connectivity index (χ1) is 60.0. The molecule has 4 aliphatic carbocycles. The molecule has 37 heteroatoms. The van der Waals surface area contributed by atoms with Crippen LogP contribution in [0.25, 0.3) is 11.1 Å². The number of imide groups is 1. The molecule has 18 atom stereocenters. The number of benzene rings is 5. The van der Waals surface area contributed by atoms with Gasteiger partial charge in [0.2, 0.25) is 65.2 Å². The molecule has 1 aromatic heterocycles. The van der Waals surface area contributed by atoms with E-state index in [0.29, 0.717) is 18.4 Å². The number of phenols is 2. The fourth-order valence-electron chi connectivity index (χ4n) is 18.7. The van der Waals surface area contributed by atoms with Crippen LogP contribution in [0, 0.1) is 43.4 Å². The number of nitrogens with zero attached hydrogens (tertiary/aromatic N) is 1. The molecule has 2 saturated heterocycles. The SMILES string of the molecule is CCCCCOc1ccc(NC(=O)NC(=O)C[C@@H]2NC(=O)[C@H](NC(=O)[C@@H](CC(C)C)NC)[C@H](O)c3ccc(c(C)c3)Oc3cc4cc(c3O[C@@H]3O[C@H](CO)[C@@H](O)[C@H](O)[C@H]3O[C@H]3C[C@](C)(N)[C@H](O)[C@H](C)O3)Oc3ccc(cc3Cl)[C@@H](O)[C@@H]3NC(=O)[C@H](NC(=O)[C@@H]4NC2=O)c2ccc(O)c(c2)-c2c(C)cc(O)cc2[C@@H](C(=O)NC2C4CC5CC(C4)CC2C5)NC3=O)cn1. The molecule has 20 N–H and O–H groups in total. The zero-order valence-corrected chi connectivity index (χ0v) is 71.5. The number of aromatic hydroxyl groups is 2. The standard InChI is InChI=1S/C89H109ClN12O24/c1-9-10-11-20-120-64-19-15-50(36-93-64)94-88(119)96-63(106)34-56-81(113)98-69-49-31-60(122-58-17-13-45(22-39(58)4)73(107)71(85(117)95-56)101-80(112)55(92-8)21-38(2)3)77(126-87-78(76(110)75(109)62(37-103)124-87)125-65-35-89(7,91)79(111)41(6)121-65)61(32-49)123-59-18-14-46(30-54(59)90)74(108)72-86(118)100-70(84(116)97-67-47-25-42-24-43(27-47)28-48(67)26-42)53-33-51(104)23-40(5)66(53)52-29-44(12-16-57(52)105)68(82(114)102-72)99-83(69)115/h12-19,22-23,29-33,36,38,41-43,47-48,55-56,62,65,67-76,78-79,87,92,103-105,107-111H,9-11,20-21,24-28,34-35,37,91H2,1-8H3,(H,95,117)(H,97,116)(H,98,113)(H,99,115)(H,100,118)(H,101,112)(H,102,114)(H2,94,96,106,119)/t41-,42?,43?,47?,48?,55+,56-,62+,65-,67?,68+,69+,70-,71+,72-,73+,74+,75+,76-,78+,79+,87-,89-/m0/s1. The highest BCUT2D eigenvalue weighted by molar-refractivity contribution is 6.32. The molecule has 0 spiro atoms. The van der Waals surface area contributed by atoms with E-state index in [-0.39, 0.29) is 115 Å². The van der Waals surface area contributed by atoms with E-state index < -0.39 is 204 Å². The number of anilines is 1. The fraction of sp³-hybridized carbons (Fsp3) is 0.506. The van der Waals surface area contributed by atoms with Crippen molar-refractivity contribution < 1.29 is 117 Å². The molecule has 676 valence electrons. The lowest BCUT2D eigenvalue weighted by atomic mass is 9.54. The predicted molar refractivity (Wildman–Crippen MR) is 451 cm³/mol. The van der Waals surface area contributed by atoms with Crippen LogP contribution in [0.2, 0.25) is 5.02 Å². The van der Waals surface area contributed by atoms with Crippen molar-refractivity contribution in [2.75, 3.05) is 25.6 Å². The van der Waals surface area contributed by atoms with E-state index in [2.05, 4.69) is 58.2 Å². The number of urea groups is 1. The van der Waals surface area contributed by atoms with Crippen LogP contribution in [0.5, 0.6) is 46.1 Å². The second-order valence-electron chi connectivity index (χ2n) is 35.0. The van der Waals surface area contributed by atoms with Gasteiger partial charge in [0.15, 0.2) is 23.9 Å². The molecule has 6 aromatic rings. The largest absolute Gasteiger partial charge is 0.508 e. The normalized spacial score (nSPS) is 30.2. The Morgan fingerprint density at radius 2 is 1.37 bits per heavy atom. The van der Waals surface area contributed by atoms with Gasteiger partial charge in [-0.25, -0.2) is 9.78 Å². The molecule has 36 nitrogen and oxygen atoms in total. The number of phenolic OH excluding ortho intramolecular Hbond substituents is 2. The molecule has 6 fully saturated rings. The number of aryl methyl sites for hydroxylation is 2. The molecule has 4 saturated carbocycles. The van der Waals surface area contributed by atoms with Crippen LogP contribution in [-0.4, -0.2) is 204 Å². The van der Waals surface area contributed by atoms with Crippen molar-refractivity contribution in [3.05, 3.63) is 141 Å². The smallest absolute Gasteiger partial charge is 0.325 e. The van der Waals surface area contributed by atoms with Gasteiger partial charge in [-0.15, -0.1) is 0 Å². The molecular weight excluding hydrogens is 1660 g/mol. The van der Waals surface area contributed by atoms with Crippen molar-refractivity contribution in [1.29, 1.82) is 0 Å². The van der Waals surface area contributed by atoms with E-state index in [4.69, 9.17) is 50.5 Å². The second-order valence-corrected chi connectivity index (χ2v) is 35.4. The topological polar surface area (TPSA) is 539 Å². The number of rotatable bonds is 20. The number of fused-ring (bicyclic) bond motifs is 15. The van der Waals surface area contributed by atoms with Gasteiger partial charge >= 0.3 is 6.03 Å². The predicted octanol–water partition coefficient (Wildman–Crippen LogP) is 5.05. The number of unbranched alkanes of at least 4 members (excludes halogenated alkanes) is 2. The monoisotopic (exact) mass is 1760 g/mol. The number of carbonyl (C=O) groups is 9.